The third-order valence-corrected chi connectivity index (χ3v) is 9.77. The molecule has 10 aromatic rings. The van der Waals surface area contributed by atoms with E-state index in [0.717, 1.165) is 39.0 Å². The van der Waals surface area contributed by atoms with E-state index in [9.17, 15) is 0 Å². The first kappa shape index (κ1) is 27.5. The summed E-state index contributed by atoms with van der Waals surface area (Å²) in [5.41, 5.74) is 12.1. The van der Waals surface area contributed by atoms with Gasteiger partial charge in [0.05, 0.1) is 16.7 Å². The zero-order valence-corrected chi connectivity index (χ0v) is 26.6. The lowest BCUT2D eigenvalue weighted by atomic mass is 9.99. The average molecular weight is 627 g/mol. The molecule has 1 N–H and O–H groups in total. The summed E-state index contributed by atoms with van der Waals surface area (Å²) in [7, 11) is 0. The van der Waals surface area contributed by atoms with Crippen molar-refractivity contribution >= 4 is 65.9 Å². The zero-order chi connectivity index (χ0) is 32.3. The lowest BCUT2D eigenvalue weighted by Crippen LogP contribution is -1.94. The van der Waals surface area contributed by atoms with Crippen molar-refractivity contribution in [3.05, 3.63) is 176 Å². The van der Waals surface area contributed by atoms with E-state index < -0.39 is 0 Å². The van der Waals surface area contributed by atoms with Gasteiger partial charge in [-0.3, -0.25) is 0 Å². The second-order valence-corrected chi connectivity index (χ2v) is 12.6. The minimum Gasteiger partial charge on any atom is -0.454 e. The lowest BCUT2D eigenvalue weighted by Gasteiger charge is -2.12. The van der Waals surface area contributed by atoms with Crippen LogP contribution in [0.25, 0.3) is 82.5 Å². The van der Waals surface area contributed by atoms with Crippen LogP contribution in [0.4, 0.5) is 11.4 Å². The first-order valence-corrected chi connectivity index (χ1v) is 16.7. The molecule has 0 atom stereocenters. The van der Waals surface area contributed by atoms with Crippen LogP contribution in [0, 0.1) is 0 Å². The first-order chi connectivity index (χ1) is 24.3. The number of hydrogen-bond acceptors (Lipinski definition) is 2. The van der Waals surface area contributed by atoms with Crippen LogP contribution in [-0.4, -0.2) is 4.57 Å². The minimum atomic E-state index is 0.877. The highest BCUT2D eigenvalue weighted by Crippen LogP contribution is 2.40. The molecule has 0 spiro atoms. The smallest absolute Gasteiger partial charge is 0.159 e. The molecule has 0 amide bonds. The van der Waals surface area contributed by atoms with Crippen molar-refractivity contribution in [1.29, 1.82) is 0 Å². The van der Waals surface area contributed by atoms with Gasteiger partial charge in [-0.15, -0.1) is 0 Å². The highest BCUT2D eigenvalue weighted by molar-refractivity contribution is 6.22. The number of benzene rings is 8. The third kappa shape index (κ3) is 4.51. The number of nitrogens with one attached hydrogen (secondary N) is 1. The van der Waals surface area contributed by atoms with Crippen molar-refractivity contribution in [2.45, 2.75) is 0 Å². The summed E-state index contributed by atoms with van der Waals surface area (Å²) in [6.45, 7) is 0. The number of anilines is 2. The Morgan fingerprint density at radius 1 is 0.429 bits per heavy atom. The molecule has 0 saturated heterocycles. The summed E-state index contributed by atoms with van der Waals surface area (Å²) in [4.78, 5) is 0. The predicted octanol–water partition coefficient (Wildman–Crippen LogP) is 12.9. The molecule has 10 rings (SSSR count). The summed E-state index contributed by atoms with van der Waals surface area (Å²) in [5, 5.41) is 10.9. The molecule has 0 fully saturated rings. The molecule has 49 heavy (non-hydrogen) atoms. The van der Waals surface area contributed by atoms with Gasteiger partial charge in [-0.2, -0.15) is 0 Å². The molecular formula is C46H30N2O. The van der Waals surface area contributed by atoms with E-state index in [2.05, 4.69) is 174 Å². The molecule has 2 heterocycles. The Hall–Kier alpha value is -6.58. The number of furan rings is 1. The van der Waals surface area contributed by atoms with Crippen molar-refractivity contribution in [2.75, 3.05) is 5.32 Å². The van der Waals surface area contributed by atoms with Crippen molar-refractivity contribution in [1.82, 2.24) is 4.57 Å². The highest BCUT2D eigenvalue weighted by atomic mass is 16.3. The minimum absolute atomic E-state index is 0.877. The van der Waals surface area contributed by atoms with Crippen LogP contribution < -0.4 is 5.32 Å². The van der Waals surface area contributed by atoms with E-state index in [1.807, 2.05) is 12.1 Å². The Morgan fingerprint density at radius 2 is 1.00 bits per heavy atom. The molecule has 0 aliphatic heterocycles. The van der Waals surface area contributed by atoms with E-state index >= 15 is 0 Å². The Morgan fingerprint density at radius 3 is 1.71 bits per heavy atom. The maximum absolute atomic E-state index is 6.41. The SMILES string of the molecule is c1cc(-c2ccc(-c3ccc(Nc4cc5ccccc5c5c4oc4ccccc45)cc3)cc2)cc(-n2c3ccccc3c3ccccc32)c1. The second-order valence-electron chi connectivity index (χ2n) is 12.6. The van der Waals surface area contributed by atoms with Crippen LogP contribution in [0.5, 0.6) is 0 Å². The fraction of sp³-hybridized carbons (Fsp3) is 0. The third-order valence-electron chi connectivity index (χ3n) is 9.77. The van der Waals surface area contributed by atoms with Crippen LogP contribution >= 0.6 is 0 Å². The van der Waals surface area contributed by atoms with E-state index in [-0.39, 0.29) is 0 Å². The summed E-state index contributed by atoms with van der Waals surface area (Å²) in [6, 6.07) is 62.6. The Balaban J connectivity index is 0.950. The van der Waals surface area contributed by atoms with Gasteiger partial charge in [0.15, 0.2) is 5.58 Å². The Labute approximate surface area is 283 Å². The number of hydrogen-bond donors (Lipinski definition) is 1. The maximum Gasteiger partial charge on any atom is 0.159 e. The fourth-order valence-corrected chi connectivity index (χ4v) is 7.45. The molecule has 0 radical (unpaired) electrons. The van der Waals surface area contributed by atoms with Crippen LogP contribution in [0.15, 0.2) is 180 Å². The van der Waals surface area contributed by atoms with Gasteiger partial charge in [-0.25, -0.2) is 0 Å². The summed E-state index contributed by atoms with van der Waals surface area (Å²) in [6.07, 6.45) is 0. The van der Waals surface area contributed by atoms with E-state index in [4.69, 9.17) is 4.42 Å². The molecule has 0 aliphatic carbocycles. The average Bonchev–Trinajstić information content (AvgIpc) is 3.73. The lowest BCUT2D eigenvalue weighted by molar-refractivity contribution is 0.670. The van der Waals surface area contributed by atoms with Gasteiger partial charge >= 0.3 is 0 Å². The van der Waals surface area contributed by atoms with Gasteiger partial charge in [-0.1, -0.05) is 127 Å². The number of para-hydroxylation sites is 3. The maximum atomic E-state index is 6.41. The van der Waals surface area contributed by atoms with Gasteiger partial charge in [0.25, 0.3) is 0 Å². The van der Waals surface area contributed by atoms with Crippen molar-refractivity contribution < 1.29 is 4.42 Å². The number of fused-ring (bicyclic) bond motifs is 8. The van der Waals surface area contributed by atoms with Crippen LogP contribution in [0.3, 0.4) is 0 Å². The van der Waals surface area contributed by atoms with Crippen LogP contribution in [0.2, 0.25) is 0 Å². The summed E-state index contributed by atoms with van der Waals surface area (Å²) < 4.78 is 8.78. The van der Waals surface area contributed by atoms with Crippen LogP contribution in [-0.2, 0) is 0 Å². The second kappa shape index (κ2) is 11.0. The van der Waals surface area contributed by atoms with Crippen LogP contribution in [0.1, 0.15) is 0 Å². The number of nitrogens with zero attached hydrogens (tertiary/aromatic N) is 1. The molecule has 8 aromatic carbocycles. The summed E-state index contributed by atoms with van der Waals surface area (Å²) >= 11 is 0. The predicted molar refractivity (Wildman–Crippen MR) is 206 cm³/mol. The molecule has 0 saturated carbocycles. The van der Waals surface area contributed by atoms with Gasteiger partial charge in [-0.05, 0) is 81.6 Å². The van der Waals surface area contributed by atoms with Crippen molar-refractivity contribution in [2.24, 2.45) is 0 Å². The zero-order valence-electron chi connectivity index (χ0n) is 26.6. The largest absolute Gasteiger partial charge is 0.454 e. The van der Waals surface area contributed by atoms with E-state index in [1.165, 1.54) is 54.8 Å². The summed E-state index contributed by atoms with van der Waals surface area (Å²) in [5.74, 6) is 0. The quantitative estimate of drug-likeness (QED) is 0.206. The van der Waals surface area contributed by atoms with Crippen molar-refractivity contribution in [3.8, 4) is 27.9 Å². The first-order valence-electron chi connectivity index (χ1n) is 16.7. The molecule has 0 aliphatic rings. The molecule has 3 nitrogen and oxygen atoms in total. The molecule has 2 aromatic heterocycles. The standard InChI is InChI=1S/C46H30N2O/c1-2-13-37-34(10-1)29-41(46-45(37)40-16-5-8-19-44(40)49-46)47-35-26-24-31(25-27-35)30-20-22-32(23-21-30)33-11-9-12-36(28-33)48-42-17-6-3-14-38(42)39-15-4-7-18-43(39)48/h1-29,47H. The topological polar surface area (TPSA) is 30.1 Å². The Kier molecular flexibility index (Phi) is 6.18. The van der Waals surface area contributed by atoms with Gasteiger partial charge in [0, 0.05) is 32.9 Å². The fourth-order valence-electron chi connectivity index (χ4n) is 7.45. The van der Waals surface area contributed by atoms with Gasteiger partial charge < -0.3 is 14.3 Å². The molecule has 230 valence electrons. The number of aromatic nitrogens is 1. The van der Waals surface area contributed by atoms with E-state index in [0.29, 0.717) is 0 Å². The number of rotatable bonds is 5. The Bertz CT molecular complexity index is 2790. The molecule has 0 bridgehead atoms. The highest BCUT2D eigenvalue weighted by Gasteiger charge is 2.16. The van der Waals surface area contributed by atoms with E-state index in [1.54, 1.807) is 0 Å². The molecule has 0 unspecified atom stereocenters. The van der Waals surface area contributed by atoms with Gasteiger partial charge in [0.1, 0.15) is 5.58 Å². The monoisotopic (exact) mass is 626 g/mol. The molecular weight excluding hydrogens is 597 g/mol. The molecule has 3 heteroatoms. The van der Waals surface area contributed by atoms with Crippen molar-refractivity contribution in [3.63, 3.8) is 0 Å². The normalized spacial score (nSPS) is 11.7. The van der Waals surface area contributed by atoms with Gasteiger partial charge in [0.2, 0.25) is 0 Å².